The average molecular weight is 182 g/mol. The number of anilines is 2. The Morgan fingerprint density at radius 3 is 2.85 bits per heavy atom. The molecule has 1 rings (SSSR count). The minimum atomic E-state index is -0.297. The molecule has 0 spiro atoms. The van der Waals surface area contributed by atoms with Crippen LogP contribution in [0.2, 0.25) is 0 Å². The smallest absolute Gasteiger partial charge is 0.144 e. The van der Waals surface area contributed by atoms with E-state index in [-0.39, 0.29) is 6.10 Å². The third-order valence-corrected chi connectivity index (χ3v) is 1.54. The summed E-state index contributed by atoms with van der Waals surface area (Å²) in [6.45, 7) is 2.42. The maximum Gasteiger partial charge on any atom is 0.144 e. The van der Waals surface area contributed by atoms with Gasteiger partial charge in [0, 0.05) is 6.54 Å². The van der Waals surface area contributed by atoms with E-state index in [0.717, 1.165) is 0 Å². The highest BCUT2D eigenvalue weighted by atomic mass is 16.3. The highest BCUT2D eigenvalue weighted by molar-refractivity contribution is 5.35. The van der Waals surface area contributed by atoms with Gasteiger partial charge in [0.25, 0.3) is 0 Å². The first-order valence-electron chi connectivity index (χ1n) is 4.18. The van der Waals surface area contributed by atoms with Gasteiger partial charge in [0.1, 0.15) is 11.6 Å². The second-order valence-corrected chi connectivity index (χ2v) is 2.89. The van der Waals surface area contributed by atoms with E-state index >= 15 is 0 Å². The summed E-state index contributed by atoms with van der Waals surface area (Å²) in [6.07, 6.45) is 3.45. The van der Waals surface area contributed by atoms with Crippen molar-refractivity contribution in [2.45, 2.75) is 19.4 Å². The molecular formula is C8H14N4O. The van der Waals surface area contributed by atoms with Crippen molar-refractivity contribution in [1.82, 2.24) is 9.97 Å². The van der Waals surface area contributed by atoms with Crippen LogP contribution in [0.4, 0.5) is 11.6 Å². The molecule has 0 saturated carbocycles. The Hall–Kier alpha value is -1.36. The van der Waals surface area contributed by atoms with Crippen LogP contribution in [0.3, 0.4) is 0 Å². The van der Waals surface area contributed by atoms with Gasteiger partial charge < -0.3 is 16.2 Å². The molecule has 0 bridgehead atoms. The van der Waals surface area contributed by atoms with Crippen LogP contribution in [0.15, 0.2) is 12.4 Å². The maximum absolute atomic E-state index is 8.98. The molecule has 0 aliphatic rings. The average Bonchev–Trinajstić information content (AvgIpc) is 2.08. The first-order valence-corrected chi connectivity index (χ1v) is 4.18. The van der Waals surface area contributed by atoms with Crippen LogP contribution in [0, 0.1) is 0 Å². The first-order chi connectivity index (χ1) is 6.18. The minimum Gasteiger partial charge on any atom is -0.393 e. The van der Waals surface area contributed by atoms with Crippen molar-refractivity contribution in [2.24, 2.45) is 0 Å². The topological polar surface area (TPSA) is 84.1 Å². The second-order valence-electron chi connectivity index (χ2n) is 2.89. The molecule has 0 fully saturated rings. The summed E-state index contributed by atoms with van der Waals surface area (Å²) in [7, 11) is 0. The van der Waals surface area contributed by atoms with Crippen LogP contribution in [-0.4, -0.2) is 27.7 Å². The summed E-state index contributed by atoms with van der Waals surface area (Å²) in [4.78, 5) is 7.86. The fraction of sp³-hybridized carbons (Fsp3) is 0.500. The lowest BCUT2D eigenvalue weighted by atomic mass is 10.3. The number of aliphatic hydroxyl groups is 1. The second kappa shape index (κ2) is 4.61. The van der Waals surface area contributed by atoms with Gasteiger partial charge >= 0.3 is 0 Å². The molecule has 0 aliphatic carbocycles. The van der Waals surface area contributed by atoms with Gasteiger partial charge in [-0.3, -0.25) is 0 Å². The zero-order valence-electron chi connectivity index (χ0n) is 7.57. The van der Waals surface area contributed by atoms with E-state index in [9.17, 15) is 0 Å². The Kier molecular flexibility index (Phi) is 3.45. The molecule has 4 N–H and O–H groups in total. The number of aliphatic hydroxyl groups excluding tert-OH is 1. The molecule has 0 saturated heterocycles. The van der Waals surface area contributed by atoms with Gasteiger partial charge in [-0.25, -0.2) is 9.97 Å². The SMILES string of the molecule is CC(O)CCNc1cnc(N)cn1. The molecule has 0 aromatic carbocycles. The molecular weight excluding hydrogens is 168 g/mol. The Bertz CT molecular complexity index is 247. The standard InChI is InChI=1S/C8H14N4O/c1-6(13)2-3-10-8-5-11-7(9)4-12-8/h4-6,13H,2-3H2,1H3,(H2,9,11)(H,10,12). The molecule has 1 unspecified atom stereocenters. The van der Waals surface area contributed by atoms with E-state index in [4.69, 9.17) is 10.8 Å². The summed E-state index contributed by atoms with van der Waals surface area (Å²) < 4.78 is 0. The van der Waals surface area contributed by atoms with Crippen LogP contribution in [0.1, 0.15) is 13.3 Å². The van der Waals surface area contributed by atoms with Gasteiger partial charge in [-0.05, 0) is 13.3 Å². The Morgan fingerprint density at radius 2 is 2.31 bits per heavy atom. The van der Waals surface area contributed by atoms with Gasteiger partial charge in [-0.15, -0.1) is 0 Å². The lowest BCUT2D eigenvalue weighted by Crippen LogP contribution is -2.10. The zero-order valence-corrected chi connectivity index (χ0v) is 7.57. The van der Waals surface area contributed by atoms with Crippen LogP contribution in [-0.2, 0) is 0 Å². The molecule has 1 heterocycles. The maximum atomic E-state index is 8.98. The van der Waals surface area contributed by atoms with Gasteiger partial charge in [0.15, 0.2) is 0 Å². The van der Waals surface area contributed by atoms with E-state index in [1.165, 1.54) is 6.20 Å². The van der Waals surface area contributed by atoms with Crippen LogP contribution in [0.5, 0.6) is 0 Å². The van der Waals surface area contributed by atoms with Crippen molar-refractivity contribution in [1.29, 1.82) is 0 Å². The molecule has 1 atom stereocenters. The quantitative estimate of drug-likeness (QED) is 0.621. The molecule has 72 valence electrons. The largest absolute Gasteiger partial charge is 0.393 e. The summed E-state index contributed by atoms with van der Waals surface area (Å²) in [5.74, 6) is 1.08. The predicted octanol–water partition coefficient (Wildman–Crippen LogP) is 0.242. The molecule has 0 amide bonds. The molecule has 1 aromatic rings. The van der Waals surface area contributed by atoms with Crippen molar-refractivity contribution in [3.05, 3.63) is 12.4 Å². The van der Waals surface area contributed by atoms with E-state index in [2.05, 4.69) is 15.3 Å². The number of nitrogens with one attached hydrogen (secondary N) is 1. The Balaban J connectivity index is 2.33. The number of nitrogen functional groups attached to an aromatic ring is 1. The summed E-state index contributed by atoms with van der Waals surface area (Å²) in [6, 6.07) is 0. The van der Waals surface area contributed by atoms with E-state index in [1.807, 2.05) is 0 Å². The number of hydrogen-bond donors (Lipinski definition) is 3. The highest BCUT2D eigenvalue weighted by Gasteiger charge is 1.96. The van der Waals surface area contributed by atoms with Gasteiger partial charge in [0.2, 0.25) is 0 Å². The fourth-order valence-electron chi connectivity index (χ4n) is 0.838. The van der Waals surface area contributed by atoms with Crippen LogP contribution in [0.25, 0.3) is 0 Å². The number of hydrogen-bond acceptors (Lipinski definition) is 5. The molecule has 13 heavy (non-hydrogen) atoms. The predicted molar refractivity (Wildman–Crippen MR) is 51.2 cm³/mol. The van der Waals surface area contributed by atoms with Crippen molar-refractivity contribution in [2.75, 3.05) is 17.6 Å². The third-order valence-electron chi connectivity index (χ3n) is 1.54. The third kappa shape index (κ3) is 3.71. The molecule has 1 aromatic heterocycles. The minimum absolute atomic E-state index is 0.297. The summed E-state index contributed by atoms with van der Waals surface area (Å²) >= 11 is 0. The fourth-order valence-corrected chi connectivity index (χ4v) is 0.838. The van der Waals surface area contributed by atoms with Crippen LogP contribution < -0.4 is 11.1 Å². The van der Waals surface area contributed by atoms with Crippen molar-refractivity contribution < 1.29 is 5.11 Å². The van der Waals surface area contributed by atoms with Gasteiger partial charge in [-0.2, -0.15) is 0 Å². The molecule has 5 nitrogen and oxygen atoms in total. The molecule has 0 radical (unpaired) electrons. The molecule has 0 aliphatic heterocycles. The summed E-state index contributed by atoms with van der Waals surface area (Å²) in [5, 5.41) is 12.0. The monoisotopic (exact) mass is 182 g/mol. The zero-order chi connectivity index (χ0) is 9.68. The van der Waals surface area contributed by atoms with Crippen molar-refractivity contribution >= 4 is 11.6 Å². The molecule has 5 heteroatoms. The van der Waals surface area contributed by atoms with Crippen molar-refractivity contribution in [3.8, 4) is 0 Å². The van der Waals surface area contributed by atoms with Gasteiger partial charge in [-0.1, -0.05) is 0 Å². The number of aromatic nitrogens is 2. The first kappa shape index (κ1) is 9.73. The Labute approximate surface area is 77.0 Å². The number of nitrogens with zero attached hydrogens (tertiary/aromatic N) is 2. The van der Waals surface area contributed by atoms with Crippen molar-refractivity contribution in [3.63, 3.8) is 0 Å². The number of nitrogens with two attached hydrogens (primary N) is 1. The van der Waals surface area contributed by atoms with Crippen LogP contribution >= 0.6 is 0 Å². The highest BCUT2D eigenvalue weighted by Crippen LogP contribution is 2.01. The van der Waals surface area contributed by atoms with Gasteiger partial charge in [0.05, 0.1) is 18.5 Å². The lowest BCUT2D eigenvalue weighted by Gasteiger charge is -2.06. The lowest BCUT2D eigenvalue weighted by molar-refractivity contribution is 0.188. The van der Waals surface area contributed by atoms with E-state index < -0.39 is 0 Å². The number of rotatable bonds is 4. The summed E-state index contributed by atoms with van der Waals surface area (Å²) in [5.41, 5.74) is 5.36. The normalized spacial score (nSPS) is 12.5. The van der Waals surface area contributed by atoms with E-state index in [1.54, 1.807) is 13.1 Å². The Morgan fingerprint density at radius 1 is 1.54 bits per heavy atom. The van der Waals surface area contributed by atoms with E-state index in [0.29, 0.717) is 24.6 Å².